The van der Waals surface area contributed by atoms with Crippen LogP contribution in [0.2, 0.25) is 0 Å². The first-order chi connectivity index (χ1) is 6.76. The molecule has 82 valence electrons. The predicted molar refractivity (Wildman–Crippen MR) is 62.8 cm³/mol. The number of hydrazine groups is 1. The van der Waals surface area contributed by atoms with Gasteiger partial charge in [0.2, 0.25) is 0 Å². The molecule has 0 aromatic rings. The second-order valence-corrected chi connectivity index (χ2v) is 4.14. The van der Waals surface area contributed by atoms with E-state index in [-0.39, 0.29) is 0 Å². The van der Waals surface area contributed by atoms with Crippen LogP contribution in [-0.2, 0) is 0 Å². The second-order valence-electron chi connectivity index (χ2n) is 3.73. The summed E-state index contributed by atoms with van der Waals surface area (Å²) in [6, 6.07) is 0.492. The summed E-state index contributed by atoms with van der Waals surface area (Å²) in [5, 5.41) is 3.75. The molecule has 0 aliphatic carbocycles. The first-order valence-corrected chi connectivity index (χ1v) is 5.66. The molecular weight excluding hydrogens is 196 g/mol. The first-order valence-electron chi connectivity index (χ1n) is 5.25. The Kier molecular flexibility index (Phi) is 5.14. The fraction of sp³-hybridized carbons (Fsp3) is 0.889. The van der Waals surface area contributed by atoms with E-state index < -0.39 is 0 Å². The molecule has 4 N–H and O–H groups in total. The monoisotopic (exact) mass is 216 g/mol. The van der Waals surface area contributed by atoms with E-state index in [1.54, 1.807) is 0 Å². The molecule has 1 fully saturated rings. The molecule has 0 spiro atoms. The third-order valence-electron chi connectivity index (χ3n) is 2.59. The number of hydrogen-bond donors (Lipinski definition) is 3. The minimum Gasteiger partial charge on any atom is -0.359 e. The molecule has 1 aliphatic heterocycles. The summed E-state index contributed by atoms with van der Waals surface area (Å²) in [5.41, 5.74) is 2.46. The molecule has 1 aliphatic rings. The number of likely N-dealkylation sites (tertiary alicyclic amines) is 1. The van der Waals surface area contributed by atoms with Gasteiger partial charge in [-0.25, -0.2) is 5.84 Å². The highest BCUT2D eigenvalue weighted by molar-refractivity contribution is 7.80. The van der Waals surface area contributed by atoms with Crippen molar-refractivity contribution in [3.63, 3.8) is 0 Å². The lowest BCUT2D eigenvalue weighted by atomic mass is 10.1. The van der Waals surface area contributed by atoms with Gasteiger partial charge in [-0.15, -0.1) is 0 Å². The van der Waals surface area contributed by atoms with Gasteiger partial charge in [-0.2, -0.15) is 0 Å². The van der Waals surface area contributed by atoms with E-state index in [2.05, 4.69) is 22.6 Å². The number of thiocarbonyl (C=S) groups is 1. The largest absolute Gasteiger partial charge is 0.359 e. The van der Waals surface area contributed by atoms with Gasteiger partial charge in [0.05, 0.1) is 0 Å². The van der Waals surface area contributed by atoms with Crippen molar-refractivity contribution in [1.29, 1.82) is 0 Å². The summed E-state index contributed by atoms with van der Waals surface area (Å²) in [4.78, 5) is 2.50. The highest BCUT2D eigenvalue weighted by Gasteiger charge is 2.18. The summed E-state index contributed by atoms with van der Waals surface area (Å²) in [6.07, 6.45) is 3.55. The lowest BCUT2D eigenvalue weighted by molar-refractivity contribution is 0.206. The second kappa shape index (κ2) is 6.16. The minimum absolute atomic E-state index is 0.492. The van der Waals surface area contributed by atoms with Crippen molar-refractivity contribution in [2.75, 3.05) is 19.6 Å². The Morgan fingerprint density at radius 1 is 1.50 bits per heavy atom. The number of nitrogens with zero attached hydrogens (tertiary/aromatic N) is 1. The molecule has 4 nitrogen and oxygen atoms in total. The van der Waals surface area contributed by atoms with Gasteiger partial charge in [0.1, 0.15) is 0 Å². The molecule has 0 amide bonds. The molecule has 0 atom stereocenters. The SMILES string of the molecule is CCCN1CCC(NC(=S)NN)CC1. The van der Waals surface area contributed by atoms with Crippen LogP contribution in [0.4, 0.5) is 0 Å². The molecule has 0 radical (unpaired) electrons. The number of hydrogen-bond acceptors (Lipinski definition) is 3. The third-order valence-corrected chi connectivity index (χ3v) is 2.83. The van der Waals surface area contributed by atoms with Gasteiger partial charge in [-0.1, -0.05) is 6.92 Å². The van der Waals surface area contributed by atoms with Crippen LogP contribution < -0.4 is 16.6 Å². The Bertz CT molecular complexity index is 178. The molecule has 0 aromatic carbocycles. The van der Waals surface area contributed by atoms with Crippen LogP contribution in [0.1, 0.15) is 26.2 Å². The van der Waals surface area contributed by atoms with Gasteiger partial charge >= 0.3 is 0 Å². The zero-order valence-electron chi connectivity index (χ0n) is 8.75. The van der Waals surface area contributed by atoms with Crippen molar-refractivity contribution in [3.05, 3.63) is 0 Å². The average Bonchev–Trinajstić information content (AvgIpc) is 2.21. The summed E-state index contributed by atoms with van der Waals surface area (Å²) >= 11 is 4.96. The Balaban J connectivity index is 2.18. The standard InChI is InChI=1S/C9H20N4S/c1-2-5-13-6-3-8(4-7-13)11-9(14)12-10/h8H,2-7,10H2,1H3,(H2,11,12,14). The van der Waals surface area contributed by atoms with E-state index in [1.165, 1.54) is 26.1 Å². The van der Waals surface area contributed by atoms with Gasteiger partial charge < -0.3 is 15.6 Å². The van der Waals surface area contributed by atoms with Gasteiger partial charge in [-0.05, 0) is 38.0 Å². The van der Waals surface area contributed by atoms with Crippen LogP contribution in [0, 0.1) is 0 Å². The Morgan fingerprint density at radius 2 is 2.14 bits per heavy atom. The summed E-state index contributed by atoms with van der Waals surface area (Å²) in [7, 11) is 0. The number of piperidine rings is 1. The molecule has 1 heterocycles. The summed E-state index contributed by atoms with van der Waals surface area (Å²) in [6.45, 7) is 5.77. The van der Waals surface area contributed by atoms with Crippen LogP contribution in [0.3, 0.4) is 0 Å². The lowest BCUT2D eigenvalue weighted by Gasteiger charge is -2.32. The van der Waals surface area contributed by atoms with E-state index in [1.807, 2.05) is 0 Å². The highest BCUT2D eigenvalue weighted by Crippen LogP contribution is 2.10. The molecule has 1 rings (SSSR count). The molecule has 5 heteroatoms. The first kappa shape index (κ1) is 11.7. The van der Waals surface area contributed by atoms with Crippen LogP contribution >= 0.6 is 12.2 Å². The molecule has 0 aromatic heterocycles. The highest BCUT2D eigenvalue weighted by atomic mass is 32.1. The number of nitrogens with one attached hydrogen (secondary N) is 2. The van der Waals surface area contributed by atoms with Gasteiger partial charge in [-0.3, -0.25) is 0 Å². The molecule has 0 bridgehead atoms. The zero-order valence-corrected chi connectivity index (χ0v) is 9.57. The Labute approximate surface area is 91.2 Å². The number of nitrogens with two attached hydrogens (primary N) is 1. The van der Waals surface area contributed by atoms with Crippen molar-refractivity contribution in [2.24, 2.45) is 5.84 Å². The van der Waals surface area contributed by atoms with Crippen LogP contribution in [0.15, 0.2) is 0 Å². The van der Waals surface area contributed by atoms with Gasteiger partial charge in [0.25, 0.3) is 0 Å². The van der Waals surface area contributed by atoms with Crippen molar-refractivity contribution >= 4 is 17.3 Å². The maximum Gasteiger partial charge on any atom is 0.180 e. The van der Waals surface area contributed by atoms with E-state index >= 15 is 0 Å². The Morgan fingerprint density at radius 3 is 2.64 bits per heavy atom. The normalized spacial score (nSPS) is 19.3. The molecule has 0 saturated carbocycles. The average molecular weight is 216 g/mol. The summed E-state index contributed by atoms with van der Waals surface area (Å²) in [5.74, 6) is 5.20. The maximum absolute atomic E-state index is 5.20. The fourth-order valence-electron chi connectivity index (χ4n) is 1.84. The Hall–Kier alpha value is -0.390. The van der Waals surface area contributed by atoms with Crippen molar-refractivity contribution in [3.8, 4) is 0 Å². The van der Waals surface area contributed by atoms with Crippen molar-refractivity contribution in [1.82, 2.24) is 15.6 Å². The van der Waals surface area contributed by atoms with Crippen LogP contribution in [0.25, 0.3) is 0 Å². The molecule has 1 saturated heterocycles. The number of rotatable bonds is 3. The zero-order chi connectivity index (χ0) is 10.4. The smallest absolute Gasteiger partial charge is 0.180 e. The van der Waals surface area contributed by atoms with E-state index in [9.17, 15) is 0 Å². The minimum atomic E-state index is 0.492. The molecular formula is C9H20N4S. The molecule has 0 unspecified atom stereocenters. The van der Waals surface area contributed by atoms with Crippen LogP contribution in [-0.4, -0.2) is 35.7 Å². The predicted octanol–water partition coefficient (Wildman–Crippen LogP) is 0.199. The molecule has 14 heavy (non-hydrogen) atoms. The maximum atomic E-state index is 5.20. The quantitative estimate of drug-likeness (QED) is 0.357. The fourth-order valence-corrected chi connectivity index (χ4v) is 2.01. The van der Waals surface area contributed by atoms with E-state index in [4.69, 9.17) is 18.1 Å². The van der Waals surface area contributed by atoms with Gasteiger partial charge in [0, 0.05) is 19.1 Å². The van der Waals surface area contributed by atoms with E-state index in [0.29, 0.717) is 11.2 Å². The van der Waals surface area contributed by atoms with E-state index in [0.717, 1.165) is 12.8 Å². The van der Waals surface area contributed by atoms with Crippen molar-refractivity contribution < 1.29 is 0 Å². The summed E-state index contributed by atoms with van der Waals surface area (Å²) < 4.78 is 0. The van der Waals surface area contributed by atoms with Gasteiger partial charge in [0.15, 0.2) is 5.11 Å². The third kappa shape index (κ3) is 3.77. The van der Waals surface area contributed by atoms with Crippen LogP contribution in [0.5, 0.6) is 0 Å². The topological polar surface area (TPSA) is 53.3 Å². The lowest BCUT2D eigenvalue weighted by Crippen LogP contribution is -2.49. The van der Waals surface area contributed by atoms with Crippen molar-refractivity contribution in [2.45, 2.75) is 32.2 Å².